The van der Waals surface area contributed by atoms with E-state index in [1.54, 1.807) is 0 Å². The number of benzene rings is 2. The van der Waals surface area contributed by atoms with Gasteiger partial charge in [-0.3, -0.25) is 14.5 Å². The van der Waals surface area contributed by atoms with Gasteiger partial charge in [0.15, 0.2) is 0 Å². The second-order valence-corrected chi connectivity index (χ2v) is 8.20. The van der Waals surface area contributed by atoms with E-state index >= 15 is 0 Å². The van der Waals surface area contributed by atoms with Gasteiger partial charge in [-0.1, -0.05) is 42.5 Å². The van der Waals surface area contributed by atoms with Crippen molar-refractivity contribution in [3.8, 4) is 0 Å². The third kappa shape index (κ3) is 4.64. The van der Waals surface area contributed by atoms with E-state index < -0.39 is 0 Å². The molecule has 2 aromatic carbocycles. The van der Waals surface area contributed by atoms with Gasteiger partial charge in [0.1, 0.15) is 0 Å². The molecule has 1 amide bonds. The largest absolute Gasteiger partial charge is 0.483 e. The Morgan fingerprint density at radius 1 is 1.13 bits per heavy atom. The second-order valence-electron chi connectivity index (χ2n) is 8.20. The molecule has 5 rings (SSSR count). The summed E-state index contributed by atoms with van der Waals surface area (Å²) in [6, 6.07) is 17.1. The summed E-state index contributed by atoms with van der Waals surface area (Å²) in [5, 5.41) is 11.4. The average molecular weight is 420 g/mol. The predicted octanol–water partition coefficient (Wildman–Crippen LogP) is 3.46. The zero-order chi connectivity index (χ0) is 21.6. The number of rotatable bonds is 4. The predicted molar refractivity (Wildman–Crippen MR) is 121 cm³/mol. The number of fused-ring (bicyclic) bond motifs is 4. The number of aryl methyl sites for hydroxylation is 1. The average Bonchev–Trinajstić information content (AvgIpc) is 3.18. The summed E-state index contributed by atoms with van der Waals surface area (Å²) in [5.74, 6) is 0.128. The van der Waals surface area contributed by atoms with Crippen LogP contribution in [0.25, 0.3) is 10.9 Å². The quantitative estimate of drug-likeness (QED) is 0.566. The fourth-order valence-corrected chi connectivity index (χ4v) is 4.88. The minimum absolute atomic E-state index is 0.0433. The first-order chi connectivity index (χ1) is 15.2. The van der Waals surface area contributed by atoms with Crippen molar-refractivity contribution in [2.45, 2.75) is 38.1 Å². The molecule has 31 heavy (non-hydrogen) atoms. The molecule has 0 fully saturated rings. The molecule has 1 aliphatic carbocycles. The fourth-order valence-electron chi connectivity index (χ4n) is 4.88. The van der Waals surface area contributed by atoms with Gasteiger partial charge in [0.05, 0.1) is 5.92 Å². The van der Waals surface area contributed by atoms with E-state index in [0.29, 0.717) is 6.54 Å². The highest BCUT2D eigenvalue weighted by atomic mass is 16.3. The molecular weight excluding hydrogens is 390 g/mol. The molecule has 0 radical (unpaired) electrons. The van der Waals surface area contributed by atoms with Crippen LogP contribution < -0.4 is 5.32 Å². The summed E-state index contributed by atoms with van der Waals surface area (Å²) >= 11 is 0. The summed E-state index contributed by atoms with van der Waals surface area (Å²) < 4.78 is 0. The van der Waals surface area contributed by atoms with Crippen molar-refractivity contribution >= 4 is 23.3 Å². The first-order valence-electron chi connectivity index (χ1n) is 11.0. The molecule has 162 valence electrons. The Morgan fingerprint density at radius 2 is 1.87 bits per heavy atom. The number of nitrogens with one attached hydrogen (secondary N) is 2. The molecule has 6 heteroatoms. The topological polar surface area (TPSA) is 85.4 Å². The Labute approximate surface area is 182 Å². The lowest BCUT2D eigenvalue weighted by Crippen LogP contribution is -2.39. The van der Waals surface area contributed by atoms with Crippen molar-refractivity contribution in [2.75, 3.05) is 19.6 Å². The number of aromatic amines is 1. The molecule has 3 aromatic rings. The van der Waals surface area contributed by atoms with Crippen LogP contribution in [0.2, 0.25) is 0 Å². The number of carboxylic acid groups (broad SMARTS) is 1. The van der Waals surface area contributed by atoms with E-state index in [1.165, 1.54) is 22.1 Å². The van der Waals surface area contributed by atoms with Gasteiger partial charge >= 0.3 is 0 Å². The van der Waals surface area contributed by atoms with E-state index in [1.807, 2.05) is 0 Å². The van der Waals surface area contributed by atoms with Gasteiger partial charge in [0, 0.05) is 42.8 Å². The van der Waals surface area contributed by atoms with Gasteiger partial charge in [0.25, 0.3) is 6.47 Å². The van der Waals surface area contributed by atoms with Crippen LogP contribution in [-0.4, -0.2) is 47.0 Å². The summed E-state index contributed by atoms with van der Waals surface area (Å²) in [4.78, 5) is 27.3. The van der Waals surface area contributed by atoms with Crippen molar-refractivity contribution in [1.29, 1.82) is 0 Å². The molecular formula is C25H29N3O3. The molecule has 0 saturated carbocycles. The molecule has 1 atom stereocenters. The van der Waals surface area contributed by atoms with Crippen LogP contribution in [0.3, 0.4) is 0 Å². The Morgan fingerprint density at radius 3 is 2.71 bits per heavy atom. The van der Waals surface area contributed by atoms with Gasteiger partial charge in [-0.15, -0.1) is 0 Å². The molecule has 1 aliphatic heterocycles. The third-order valence-corrected chi connectivity index (χ3v) is 6.37. The molecule has 2 aliphatic rings. The van der Waals surface area contributed by atoms with Gasteiger partial charge in [-0.05, 0) is 48.4 Å². The van der Waals surface area contributed by atoms with E-state index in [4.69, 9.17) is 9.90 Å². The maximum Gasteiger partial charge on any atom is 0.290 e. The zero-order valence-corrected chi connectivity index (χ0v) is 17.6. The summed E-state index contributed by atoms with van der Waals surface area (Å²) in [6.45, 7) is 3.43. The molecule has 0 bridgehead atoms. The number of nitrogens with zero attached hydrogens (tertiary/aromatic N) is 1. The lowest BCUT2D eigenvalue weighted by Gasteiger charge is -2.29. The van der Waals surface area contributed by atoms with Crippen molar-refractivity contribution in [3.05, 3.63) is 70.9 Å². The lowest BCUT2D eigenvalue weighted by molar-refractivity contribution is -0.123. The maximum atomic E-state index is 12.9. The number of para-hydroxylation sites is 1. The van der Waals surface area contributed by atoms with Gasteiger partial charge in [0.2, 0.25) is 5.91 Å². The normalized spacial score (nSPS) is 17.7. The first-order valence-corrected chi connectivity index (χ1v) is 11.0. The smallest absolute Gasteiger partial charge is 0.290 e. The molecule has 1 unspecified atom stereocenters. The van der Waals surface area contributed by atoms with E-state index in [2.05, 4.69) is 63.7 Å². The first kappa shape index (κ1) is 21.1. The van der Waals surface area contributed by atoms with Crippen molar-refractivity contribution < 1.29 is 14.7 Å². The molecule has 0 saturated heterocycles. The molecule has 2 heterocycles. The third-order valence-electron chi connectivity index (χ3n) is 6.37. The minimum atomic E-state index is -0.250. The van der Waals surface area contributed by atoms with Gasteiger partial charge in [-0.25, -0.2) is 0 Å². The molecule has 6 nitrogen and oxygen atoms in total. The van der Waals surface area contributed by atoms with Crippen LogP contribution in [0, 0.1) is 0 Å². The Kier molecular flexibility index (Phi) is 6.67. The van der Waals surface area contributed by atoms with E-state index in [-0.39, 0.29) is 18.3 Å². The number of hydrogen-bond donors (Lipinski definition) is 3. The Hall–Kier alpha value is -3.12. The SMILES string of the molecule is O=C(NCCN1CCc2ccccc2C1)C1CCCc2c1[nH]c1ccccc21.O=CO. The zero-order valence-electron chi connectivity index (χ0n) is 17.6. The molecule has 1 aromatic heterocycles. The highest BCUT2D eigenvalue weighted by Crippen LogP contribution is 2.36. The number of hydrogen-bond acceptors (Lipinski definition) is 3. The standard InChI is InChI=1S/C24H27N3O.CH2O2/c28-24(25-13-15-27-14-12-17-6-1-2-7-18(17)16-27)21-10-5-9-20-19-8-3-4-11-22(19)26-23(20)21;2-1-3/h1-4,6-8,11,21,26H,5,9-10,12-16H2,(H,25,28);1H,(H,2,3). The highest BCUT2D eigenvalue weighted by molar-refractivity contribution is 5.90. The summed E-state index contributed by atoms with van der Waals surface area (Å²) in [7, 11) is 0. The van der Waals surface area contributed by atoms with Crippen LogP contribution in [-0.2, 0) is 29.0 Å². The van der Waals surface area contributed by atoms with Crippen LogP contribution in [0.15, 0.2) is 48.5 Å². The van der Waals surface area contributed by atoms with Crippen LogP contribution >= 0.6 is 0 Å². The van der Waals surface area contributed by atoms with Crippen LogP contribution in [0.4, 0.5) is 0 Å². The fraction of sp³-hybridized carbons (Fsp3) is 0.360. The number of H-pyrrole nitrogens is 1. The number of aromatic nitrogens is 1. The monoisotopic (exact) mass is 419 g/mol. The number of carbonyl (C=O) groups is 2. The van der Waals surface area contributed by atoms with Crippen molar-refractivity contribution in [2.24, 2.45) is 0 Å². The van der Waals surface area contributed by atoms with Gasteiger partial charge in [-0.2, -0.15) is 0 Å². The van der Waals surface area contributed by atoms with E-state index in [9.17, 15) is 4.79 Å². The number of carbonyl (C=O) groups excluding carboxylic acids is 1. The van der Waals surface area contributed by atoms with Crippen molar-refractivity contribution in [1.82, 2.24) is 15.2 Å². The molecule has 0 spiro atoms. The maximum absolute atomic E-state index is 12.9. The summed E-state index contributed by atoms with van der Waals surface area (Å²) in [5.41, 5.74) is 6.53. The van der Waals surface area contributed by atoms with Crippen molar-refractivity contribution in [3.63, 3.8) is 0 Å². The minimum Gasteiger partial charge on any atom is -0.483 e. The highest BCUT2D eigenvalue weighted by Gasteiger charge is 2.29. The van der Waals surface area contributed by atoms with Crippen LogP contribution in [0.5, 0.6) is 0 Å². The van der Waals surface area contributed by atoms with Gasteiger partial charge < -0.3 is 15.4 Å². The van der Waals surface area contributed by atoms with E-state index in [0.717, 1.165) is 56.5 Å². The van der Waals surface area contributed by atoms with Crippen LogP contribution in [0.1, 0.15) is 41.1 Å². The molecule has 3 N–H and O–H groups in total. The second kappa shape index (κ2) is 9.79. The Balaban J connectivity index is 0.000000730. The summed E-state index contributed by atoms with van der Waals surface area (Å²) in [6.07, 6.45) is 4.18. The number of amides is 1. The lowest BCUT2D eigenvalue weighted by atomic mass is 9.86. The Bertz CT molecular complexity index is 1060.